The summed E-state index contributed by atoms with van der Waals surface area (Å²) in [5, 5.41) is 3.09. The van der Waals surface area contributed by atoms with Crippen molar-refractivity contribution in [3.63, 3.8) is 0 Å². The zero-order valence-corrected chi connectivity index (χ0v) is 6.01. The van der Waals surface area contributed by atoms with Crippen molar-refractivity contribution in [2.24, 2.45) is 0 Å². The van der Waals surface area contributed by atoms with Crippen LogP contribution in [-0.2, 0) is 6.42 Å². The molecule has 0 N–H and O–H groups in total. The number of hydrogen-bond donors (Lipinski definition) is 0. The van der Waals surface area contributed by atoms with Gasteiger partial charge in [-0.25, -0.2) is 0 Å². The molecule has 0 bridgehead atoms. The lowest BCUT2D eigenvalue weighted by Crippen LogP contribution is -1.72. The maximum absolute atomic E-state index is 3.09. The van der Waals surface area contributed by atoms with Gasteiger partial charge in [0.15, 0.2) is 0 Å². The molecule has 0 saturated carbocycles. The third-order valence-corrected chi connectivity index (χ3v) is 2.31. The van der Waals surface area contributed by atoms with Crippen LogP contribution in [0.15, 0.2) is 6.07 Å². The molecule has 0 aliphatic carbocycles. The summed E-state index contributed by atoms with van der Waals surface area (Å²) in [5.74, 6) is 0. The van der Waals surface area contributed by atoms with E-state index in [4.69, 9.17) is 0 Å². The van der Waals surface area contributed by atoms with Crippen LogP contribution in [0.3, 0.4) is 0 Å². The van der Waals surface area contributed by atoms with Gasteiger partial charge in [0.25, 0.3) is 0 Å². The highest BCUT2D eigenvalue weighted by Gasteiger charge is 1.93. The molecular weight excluding hydrogens is 116 g/mol. The Morgan fingerprint density at radius 2 is 2.50 bits per heavy atom. The first-order chi connectivity index (χ1) is 3.84. The molecule has 0 nitrogen and oxygen atoms in total. The number of rotatable bonds is 1. The van der Waals surface area contributed by atoms with Gasteiger partial charge in [0.2, 0.25) is 0 Å². The summed E-state index contributed by atoms with van der Waals surface area (Å²) in [5.41, 5.74) is 1.39. The Balaban J connectivity index is 2.92. The summed E-state index contributed by atoms with van der Waals surface area (Å²) in [6, 6.07) is 2.05. The van der Waals surface area contributed by atoms with Crippen LogP contribution in [0.25, 0.3) is 0 Å². The topological polar surface area (TPSA) is 0 Å². The number of aryl methyl sites for hydroxylation is 2. The van der Waals surface area contributed by atoms with Crippen LogP contribution >= 0.6 is 11.3 Å². The molecule has 1 aromatic heterocycles. The fourth-order valence-electron chi connectivity index (χ4n) is 0.701. The van der Waals surface area contributed by atoms with E-state index in [9.17, 15) is 0 Å². The van der Waals surface area contributed by atoms with Crippen molar-refractivity contribution in [1.29, 1.82) is 0 Å². The van der Waals surface area contributed by atoms with Gasteiger partial charge in [0.05, 0.1) is 0 Å². The zero-order chi connectivity index (χ0) is 5.98. The molecule has 1 heterocycles. The predicted molar refractivity (Wildman–Crippen MR) is 37.3 cm³/mol. The summed E-state index contributed by atoms with van der Waals surface area (Å²) in [6.07, 6.45) is 1.15. The Labute approximate surface area is 54.2 Å². The van der Waals surface area contributed by atoms with E-state index in [-0.39, 0.29) is 0 Å². The molecule has 0 spiro atoms. The van der Waals surface area contributed by atoms with Crippen LogP contribution < -0.4 is 0 Å². The fourth-order valence-corrected chi connectivity index (χ4v) is 1.44. The van der Waals surface area contributed by atoms with E-state index in [0.717, 1.165) is 6.42 Å². The van der Waals surface area contributed by atoms with Crippen LogP contribution in [0, 0.1) is 12.3 Å². The standard InChI is InChI=1S/C7H9S/c1-3-7-6(2)4-5-8-7/h4H,3H2,1-2H3. The average Bonchev–Trinajstić information content (AvgIpc) is 2.14. The Morgan fingerprint density at radius 3 is 2.75 bits per heavy atom. The van der Waals surface area contributed by atoms with Crippen LogP contribution in [0.4, 0.5) is 0 Å². The van der Waals surface area contributed by atoms with Gasteiger partial charge in [-0.05, 0) is 25.0 Å². The van der Waals surface area contributed by atoms with Crippen molar-refractivity contribution in [2.75, 3.05) is 0 Å². The lowest BCUT2D eigenvalue weighted by atomic mass is 10.2. The second kappa shape index (κ2) is 2.31. The van der Waals surface area contributed by atoms with Crippen molar-refractivity contribution in [3.05, 3.63) is 21.9 Å². The number of hydrogen-bond acceptors (Lipinski definition) is 1. The summed E-state index contributed by atoms with van der Waals surface area (Å²) in [7, 11) is 0. The maximum Gasteiger partial charge on any atom is 0.0448 e. The highest BCUT2D eigenvalue weighted by molar-refractivity contribution is 7.09. The third kappa shape index (κ3) is 0.920. The Kier molecular flexibility index (Phi) is 1.69. The van der Waals surface area contributed by atoms with E-state index in [1.165, 1.54) is 10.4 Å². The molecule has 1 aromatic rings. The Morgan fingerprint density at radius 1 is 1.75 bits per heavy atom. The van der Waals surface area contributed by atoms with Crippen molar-refractivity contribution in [3.8, 4) is 0 Å². The van der Waals surface area contributed by atoms with Gasteiger partial charge in [-0.3, -0.25) is 0 Å². The molecule has 1 radical (unpaired) electrons. The monoisotopic (exact) mass is 125 g/mol. The molecule has 0 aliphatic rings. The average molecular weight is 125 g/mol. The number of thiophene rings is 1. The van der Waals surface area contributed by atoms with E-state index >= 15 is 0 Å². The van der Waals surface area contributed by atoms with Crippen molar-refractivity contribution < 1.29 is 0 Å². The van der Waals surface area contributed by atoms with Gasteiger partial charge < -0.3 is 0 Å². The molecule has 0 amide bonds. The van der Waals surface area contributed by atoms with Crippen molar-refractivity contribution >= 4 is 11.3 Å². The molecule has 0 saturated heterocycles. The first kappa shape index (κ1) is 5.83. The first-order valence-corrected chi connectivity index (χ1v) is 3.61. The van der Waals surface area contributed by atoms with Gasteiger partial charge in [-0.1, -0.05) is 6.92 Å². The van der Waals surface area contributed by atoms with E-state index < -0.39 is 0 Å². The first-order valence-electron chi connectivity index (χ1n) is 2.80. The van der Waals surface area contributed by atoms with Crippen LogP contribution in [0.2, 0.25) is 0 Å². The minimum Gasteiger partial charge on any atom is -0.139 e. The molecule has 0 aliphatic heterocycles. The Bertz CT molecular complexity index is 165. The van der Waals surface area contributed by atoms with E-state index in [2.05, 4.69) is 19.2 Å². The molecule has 8 heavy (non-hydrogen) atoms. The van der Waals surface area contributed by atoms with Gasteiger partial charge in [0.1, 0.15) is 0 Å². The molecular formula is C7H9S. The zero-order valence-electron chi connectivity index (χ0n) is 5.19. The van der Waals surface area contributed by atoms with Crippen LogP contribution in [-0.4, -0.2) is 0 Å². The second-order valence-corrected chi connectivity index (χ2v) is 2.76. The van der Waals surface area contributed by atoms with Crippen molar-refractivity contribution in [1.82, 2.24) is 0 Å². The van der Waals surface area contributed by atoms with Crippen LogP contribution in [0.5, 0.6) is 0 Å². The summed E-state index contributed by atoms with van der Waals surface area (Å²) >= 11 is 1.72. The second-order valence-electron chi connectivity index (χ2n) is 1.82. The molecule has 0 aromatic carbocycles. The lowest BCUT2D eigenvalue weighted by molar-refractivity contribution is 1.16. The minimum atomic E-state index is 1.15. The SMILES string of the molecule is CCc1s[c]cc1C. The predicted octanol–water partition coefficient (Wildman–Crippen LogP) is 2.42. The lowest BCUT2D eigenvalue weighted by Gasteiger charge is -1.87. The molecule has 0 unspecified atom stereocenters. The highest BCUT2D eigenvalue weighted by atomic mass is 32.1. The summed E-state index contributed by atoms with van der Waals surface area (Å²) in [6.45, 7) is 4.30. The fraction of sp³-hybridized carbons (Fsp3) is 0.429. The molecule has 0 atom stereocenters. The van der Waals surface area contributed by atoms with Gasteiger partial charge in [0, 0.05) is 10.3 Å². The third-order valence-electron chi connectivity index (χ3n) is 1.22. The molecule has 43 valence electrons. The van der Waals surface area contributed by atoms with Crippen molar-refractivity contribution in [2.45, 2.75) is 20.3 Å². The maximum atomic E-state index is 3.09. The minimum absolute atomic E-state index is 1.15. The normalized spacial score (nSPS) is 9.75. The quantitative estimate of drug-likeness (QED) is 0.540. The van der Waals surface area contributed by atoms with E-state index in [1.54, 1.807) is 11.3 Å². The van der Waals surface area contributed by atoms with E-state index in [0.29, 0.717) is 0 Å². The summed E-state index contributed by atoms with van der Waals surface area (Å²) in [4.78, 5) is 1.46. The van der Waals surface area contributed by atoms with Gasteiger partial charge in [-0.15, -0.1) is 11.3 Å². The smallest absolute Gasteiger partial charge is 0.0448 e. The van der Waals surface area contributed by atoms with Gasteiger partial charge in [-0.2, -0.15) is 0 Å². The van der Waals surface area contributed by atoms with Gasteiger partial charge >= 0.3 is 0 Å². The summed E-state index contributed by atoms with van der Waals surface area (Å²) < 4.78 is 0. The highest BCUT2D eigenvalue weighted by Crippen LogP contribution is 2.14. The largest absolute Gasteiger partial charge is 0.139 e. The molecule has 1 rings (SSSR count). The van der Waals surface area contributed by atoms with E-state index in [1.807, 2.05) is 6.07 Å². The molecule has 0 fully saturated rings. The van der Waals surface area contributed by atoms with Crippen LogP contribution in [0.1, 0.15) is 17.4 Å². The Hall–Kier alpha value is -0.300. The molecule has 1 heteroatoms.